The molecule has 1 saturated heterocycles. The second-order valence-electron chi connectivity index (χ2n) is 8.68. The molecule has 2 aromatic heterocycles. The van der Waals surface area contributed by atoms with Crippen LogP contribution in [0.3, 0.4) is 0 Å². The van der Waals surface area contributed by atoms with E-state index in [1.54, 1.807) is 11.0 Å². The Bertz CT molecular complexity index is 1060. The second kappa shape index (κ2) is 6.55. The van der Waals surface area contributed by atoms with Gasteiger partial charge in [0.15, 0.2) is 5.65 Å². The number of nitrogens with zero attached hydrogens (tertiary/aromatic N) is 3. The standard InChI is InChI=1S/C20H27N5O3/c1-4-25-16-15(17(26)23-19(25)28)12(9-13(22-16)11-5-6-11)18(27)24-8-7-14(21)20(2,3)10-24/h9,11,14H,4-8,10,21H2,1-3H3,(H,23,26,28). The first-order valence-corrected chi connectivity index (χ1v) is 9.95. The van der Waals surface area contributed by atoms with Crippen molar-refractivity contribution in [1.82, 2.24) is 19.4 Å². The summed E-state index contributed by atoms with van der Waals surface area (Å²) in [5, 5.41) is 0.198. The number of carbonyl (C=O) groups is 1. The molecule has 8 heteroatoms. The van der Waals surface area contributed by atoms with Crippen LogP contribution in [0.2, 0.25) is 0 Å². The van der Waals surface area contributed by atoms with Crippen LogP contribution in [0.1, 0.15) is 62.0 Å². The number of piperidine rings is 1. The lowest BCUT2D eigenvalue weighted by Gasteiger charge is -2.42. The molecule has 0 radical (unpaired) electrons. The Morgan fingerprint density at radius 3 is 2.64 bits per heavy atom. The Morgan fingerprint density at radius 2 is 2.04 bits per heavy atom. The molecule has 0 spiro atoms. The molecule has 1 unspecified atom stereocenters. The van der Waals surface area contributed by atoms with Gasteiger partial charge in [0.1, 0.15) is 0 Å². The lowest BCUT2D eigenvalue weighted by Crippen LogP contribution is -2.54. The number of rotatable bonds is 3. The van der Waals surface area contributed by atoms with Crippen LogP contribution >= 0.6 is 0 Å². The van der Waals surface area contributed by atoms with Gasteiger partial charge in [-0.05, 0) is 37.7 Å². The van der Waals surface area contributed by atoms with Crippen molar-refractivity contribution >= 4 is 16.9 Å². The molecule has 28 heavy (non-hydrogen) atoms. The maximum absolute atomic E-state index is 13.5. The molecule has 8 nitrogen and oxygen atoms in total. The van der Waals surface area contributed by atoms with Crippen LogP contribution in [-0.2, 0) is 6.54 Å². The van der Waals surface area contributed by atoms with Gasteiger partial charge in [-0.2, -0.15) is 0 Å². The summed E-state index contributed by atoms with van der Waals surface area (Å²) < 4.78 is 1.43. The largest absolute Gasteiger partial charge is 0.338 e. The van der Waals surface area contributed by atoms with Crippen LogP contribution in [0.5, 0.6) is 0 Å². The number of hydrogen-bond acceptors (Lipinski definition) is 5. The van der Waals surface area contributed by atoms with Gasteiger partial charge in [-0.1, -0.05) is 13.8 Å². The first kappa shape index (κ1) is 18.9. The number of aromatic amines is 1. The highest BCUT2D eigenvalue weighted by molar-refractivity contribution is 6.05. The first-order chi connectivity index (χ1) is 13.2. The third-order valence-electron chi connectivity index (χ3n) is 6.11. The van der Waals surface area contributed by atoms with Gasteiger partial charge in [0.2, 0.25) is 0 Å². The monoisotopic (exact) mass is 385 g/mol. The molecule has 1 aliphatic heterocycles. The number of carbonyl (C=O) groups excluding carboxylic acids is 1. The summed E-state index contributed by atoms with van der Waals surface area (Å²) in [6, 6.07) is 1.78. The molecule has 2 aromatic rings. The minimum Gasteiger partial charge on any atom is -0.338 e. The average Bonchev–Trinajstić information content (AvgIpc) is 3.47. The molecular weight excluding hydrogens is 358 g/mol. The van der Waals surface area contributed by atoms with Crippen LogP contribution in [0.25, 0.3) is 11.0 Å². The van der Waals surface area contributed by atoms with Crippen molar-refractivity contribution in [2.45, 2.75) is 58.5 Å². The van der Waals surface area contributed by atoms with Gasteiger partial charge < -0.3 is 10.6 Å². The van der Waals surface area contributed by atoms with Gasteiger partial charge in [0.05, 0.1) is 10.9 Å². The zero-order chi connectivity index (χ0) is 20.2. The van der Waals surface area contributed by atoms with Crippen molar-refractivity contribution in [2.75, 3.05) is 13.1 Å². The number of nitrogens with one attached hydrogen (secondary N) is 1. The molecule has 2 fully saturated rings. The quantitative estimate of drug-likeness (QED) is 0.823. The molecule has 1 aliphatic carbocycles. The minimum atomic E-state index is -0.559. The molecule has 2 aliphatic rings. The van der Waals surface area contributed by atoms with E-state index in [1.807, 2.05) is 6.92 Å². The van der Waals surface area contributed by atoms with E-state index in [4.69, 9.17) is 5.73 Å². The number of likely N-dealkylation sites (tertiary alicyclic amines) is 1. The number of pyridine rings is 1. The number of aromatic nitrogens is 3. The summed E-state index contributed by atoms with van der Waals surface area (Å²) >= 11 is 0. The van der Waals surface area contributed by atoms with Crippen molar-refractivity contribution in [3.8, 4) is 0 Å². The van der Waals surface area contributed by atoms with Crippen molar-refractivity contribution in [3.05, 3.63) is 38.2 Å². The maximum Gasteiger partial charge on any atom is 0.329 e. The highest BCUT2D eigenvalue weighted by Crippen LogP contribution is 2.40. The highest BCUT2D eigenvalue weighted by Gasteiger charge is 2.37. The Kier molecular flexibility index (Phi) is 4.41. The Labute approximate surface area is 162 Å². The minimum absolute atomic E-state index is 0.0291. The molecule has 3 heterocycles. The maximum atomic E-state index is 13.5. The van der Waals surface area contributed by atoms with Gasteiger partial charge in [-0.3, -0.25) is 19.1 Å². The van der Waals surface area contributed by atoms with E-state index in [9.17, 15) is 14.4 Å². The molecule has 1 amide bonds. The summed E-state index contributed by atoms with van der Waals surface area (Å²) in [4.78, 5) is 47.1. The summed E-state index contributed by atoms with van der Waals surface area (Å²) in [6.45, 7) is 7.38. The Balaban J connectivity index is 1.89. The number of nitrogens with two attached hydrogens (primary N) is 1. The third-order valence-corrected chi connectivity index (χ3v) is 6.11. The summed E-state index contributed by atoms with van der Waals surface area (Å²) in [5.41, 5.74) is 6.38. The molecule has 1 saturated carbocycles. The van der Waals surface area contributed by atoms with E-state index >= 15 is 0 Å². The van der Waals surface area contributed by atoms with E-state index < -0.39 is 11.2 Å². The van der Waals surface area contributed by atoms with E-state index in [-0.39, 0.29) is 22.8 Å². The molecule has 1 atom stereocenters. The fraction of sp³-hybridized carbons (Fsp3) is 0.600. The number of H-pyrrole nitrogens is 1. The van der Waals surface area contributed by atoms with E-state index in [1.165, 1.54) is 4.57 Å². The van der Waals surface area contributed by atoms with Crippen LogP contribution in [0.4, 0.5) is 0 Å². The second-order valence-corrected chi connectivity index (χ2v) is 8.68. The topological polar surface area (TPSA) is 114 Å². The smallest absolute Gasteiger partial charge is 0.329 e. The van der Waals surface area contributed by atoms with Crippen molar-refractivity contribution in [2.24, 2.45) is 11.1 Å². The normalized spacial score (nSPS) is 21.9. The van der Waals surface area contributed by atoms with E-state index in [2.05, 4.69) is 23.8 Å². The predicted octanol–water partition coefficient (Wildman–Crippen LogP) is 1.18. The van der Waals surface area contributed by atoms with Gasteiger partial charge in [-0.25, -0.2) is 9.78 Å². The Morgan fingerprint density at radius 1 is 1.32 bits per heavy atom. The van der Waals surface area contributed by atoms with Crippen molar-refractivity contribution in [1.29, 1.82) is 0 Å². The molecule has 3 N–H and O–H groups in total. The third kappa shape index (κ3) is 3.05. The number of amides is 1. The SMILES string of the molecule is CCn1c(=O)[nH]c(=O)c2c(C(=O)N3CCC(N)C(C)(C)C3)cc(C3CC3)nc21. The molecule has 150 valence electrons. The summed E-state index contributed by atoms with van der Waals surface area (Å²) in [7, 11) is 0. The highest BCUT2D eigenvalue weighted by atomic mass is 16.2. The number of hydrogen-bond donors (Lipinski definition) is 2. The van der Waals surface area contributed by atoms with Crippen LogP contribution in [0.15, 0.2) is 15.7 Å². The van der Waals surface area contributed by atoms with E-state index in [0.29, 0.717) is 43.2 Å². The fourth-order valence-corrected chi connectivity index (χ4v) is 4.06. The molecular formula is C20H27N5O3. The predicted molar refractivity (Wildman–Crippen MR) is 107 cm³/mol. The Hall–Kier alpha value is -2.48. The average molecular weight is 385 g/mol. The van der Waals surface area contributed by atoms with Crippen molar-refractivity contribution < 1.29 is 4.79 Å². The molecule has 4 rings (SSSR count). The lowest BCUT2D eigenvalue weighted by atomic mass is 9.79. The van der Waals surface area contributed by atoms with Crippen molar-refractivity contribution in [3.63, 3.8) is 0 Å². The zero-order valence-electron chi connectivity index (χ0n) is 16.6. The van der Waals surface area contributed by atoms with Gasteiger partial charge in [-0.15, -0.1) is 0 Å². The summed E-state index contributed by atoms with van der Waals surface area (Å²) in [5.74, 6) is 0.0999. The number of aryl methyl sites for hydroxylation is 1. The van der Waals surface area contributed by atoms with Gasteiger partial charge in [0.25, 0.3) is 11.5 Å². The lowest BCUT2D eigenvalue weighted by molar-refractivity contribution is 0.0534. The summed E-state index contributed by atoms with van der Waals surface area (Å²) in [6.07, 6.45) is 2.74. The molecule has 0 bridgehead atoms. The van der Waals surface area contributed by atoms with Crippen LogP contribution in [0, 0.1) is 5.41 Å². The zero-order valence-corrected chi connectivity index (χ0v) is 16.6. The van der Waals surface area contributed by atoms with Crippen LogP contribution in [-0.4, -0.2) is 44.5 Å². The molecule has 0 aromatic carbocycles. The van der Waals surface area contributed by atoms with Gasteiger partial charge >= 0.3 is 5.69 Å². The van der Waals surface area contributed by atoms with Gasteiger partial charge in [0, 0.05) is 37.3 Å². The van der Waals surface area contributed by atoms with E-state index in [0.717, 1.165) is 18.5 Å². The van der Waals surface area contributed by atoms with Crippen LogP contribution < -0.4 is 17.0 Å². The fourth-order valence-electron chi connectivity index (χ4n) is 4.06. The first-order valence-electron chi connectivity index (χ1n) is 9.95. The number of fused-ring (bicyclic) bond motifs is 1.